The number of hydrogen-bond acceptors (Lipinski definition) is 3. The molecule has 1 heterocycles. The zero-order valence-corrected chi connectivity index (χ0v) is 14.0. The normalized spacial score (nSPS) is 11.1. The van der Waals surface area contributed by atoms with E-state index in [0.29, 0.717) is 5.56 Å². The first-order valence-corrected chi connectivity index (χ1v) is 8.58. The molecular formula is C18H19N3OS. The van der Waals surface area contributed by atoms with E-state index in [1.165, 1.54) is 0 Å². The summed E-state index contributed by atoms with van der Waals surface area (Å²) in [5, 5.41) is 3.80. The Bertz CT molecular complexity index is 776. The van der Waals surface area contributed by atoms with Crippen molar-refractivity contribution in [2.24, 2.45) is 0 Å². The van der Waals surface area contributed by atoms with Gasteiger partial charge in [-0.2, -0.15) is 0 Å². The van der Waals surface area contributed by atoms with Crippen molar-refractivity contribution in [3.05, 3.63) is 59.7 Å². The second-order valence-corrected chi connectivity index (χ2v) is 6.64. The number of nitrogens with one attached hydrogen (secondary N) is 2. The summed E-state index contributed by atoms with van der Waals surface area (Å²) in [6.07, 6.45) is 0. The van der Waals surface area contributed by atoms with Gasteiger partial charge in [-0.1, -0.05) is 36.0 Å². The lowest BCUT2D eigenvalue weighted by molar-refractivity contribution is 0.0943. The molecule has 0 radical (unpaired) electrons. The van der Waals surface area contributed by atoms with Crippen molar-refractivity contribution < 1.29 is 4.79 Å². The van der Waals surface area contributed by atoms with Gasteiger partial charge in [0, 0.05) is 17.4 Å². The predicted molar refractivity (Wildman–Crippen MR) is 94.7 cm³/mol. The van der Waals surface area contributed by atoms with Crippen molar-refractivity contribution in [2.75, 3.05) is 0 Å². The first kappa shape index (κ1) is 15.6. The van der Waals surface area contributed by atoms with Gasteiger partial charge in [0.15, 0.2) is 5.16 Å². The third kappa shape index (κ3) is 3.93. The molecule has 23 heavy (non-hydrogen) atoms. The van der Waals surface area contributed by atoms with Crippen LogP contribution < -0.4 is 5.32 Å². The molecule has 0 atom stereocenters. The highest BCUT2D eigenvalue weighted by atomic mass is 32.2. The molecular weight excluding hydrogens is 306 g/mol. The highest BCUT2D eigenvalue weighted by molar-refractivity contribution is 7.98. The van der Waals surface area contributed by atoms with Crippen molar-refractivity contribution >= 4 is 28.7 Å². The fraction of sp³-hybridized carbons (Fsp3) is 0.222. The number of rotatable bonds is 5. The molecule has 0 aliphatic heterocycles. The quantitative estimate of drug-likeness (QED) is 0.697. The molecule has 0 bridgehead atoms. The lowest BCUT2D eigenvalue weighted by atomic mass is 10.1. The van der Waals surface area contributed by atoms with Crippen LogP contribution in [0.1, 0.15) is 29.8 Å². The summed E-state index contributed by atoms with van der Waals surface area (Å²) in [6.45, 7) is 3.91. The van der Waals surface area contributed by atoms with E-state index < -0.39 is 0 Å². The Balaban J connectivity index is 1.63. The van der Waals surface area contributed by atoms with Crippen LogP contribution in [0.2, 0.25) is 0 Å². The van der Waals surface area contributed by atoms with Gasteiger partial charge in [-0.05, 0) is 43.7 Å². The molecule has 1 aromatic heterocycles. The molecule has 0 unspecified atom stereocenters. The zero-order chi connectivity index (χ0) is 16.2. The Morgan fingerprint density at radius 1 is 1.17 bits per heavy atom. The van der Waals surface area contributed by atoms with Crippen molar-refractivity contribution in [1.29, 1.82) is 0 Å². The number of imidazole rings is 1. The average molecular weight is 325 g/mol. The number of H-pyrrole nitrogens is 1. The Morgan fingerprint density at radius 2 is 1.91 bits per heavy atom. The second kappa shape index (κ2) is 6.87. The summed E-state index contributed by atoms with van der Waals surface area (Å²) in [4.78, 5) is 19.8. The summed E-state index contributed by atoms with van der Waals surface area (Å²) in [6, 6.07) is 15.9. The molecule has 0 spiro atoms. The maximum Gasteiger partial charge on any atom is 0.251 e. The van der Waals surface area contributed by atoms with Crippen LogP contribution in [-0.4, -0.2) is 21.9 Å². The number of carbonyl (C=O) groups excluding carboxylic acids is 1. The van der Waals surface area contributed by atoms with Crippen LogP contribution in [0.15, 0.2) is 53.7 Å². The standard InChI is InChI=1S/C18H19N3OS/c1-12(2)19-17(22)14-9-7-13(8-10-14)11-23-18-20-15-5-3-4-6-16(15)21-18/h3-10,12H,11H2,1-2H3,(H,19,22)(H,20,21). The first-order valence-electron chi connectivity index (χ1n) is 7.59. The maximum atomic E-state index is 11.9. The van der Waals surface area contributed by atoms with Crippen molar-refractivity contribution in [3.63, 3.8) is 0 Å². The topological polar surface area (TPSA) is 57.8 Å². The minimum atomic E-state index is -0.0310. The first-order chi connectivity index (χ1) is 11.1. The van der Waals surface area contributed by atoms with E-state index in [9.17, 15) is 4.79 Å². The van der Waals surface area contributed by atoms with Crippen LogP contribution >= 0.6 is 11.8 Å². The van der Waals surface area contributed by atoms with E-state index >= 15 is 0 Å². The monoisotopic (exact) mass is 325 g/mol. The molecule has 0 aliphatic carbocycles. The van der Waals surface area contributed by atoms with Gasteiger partial charge in [0.2, 0.25) is 0 Å². The zero-order valence-electron chi connectivity index (χ0n) is 13.2. The molecule has 1 amide bonds. The molecule has 0 aliphatic rings. The number of benzene rings is 2. The largest absolute Gasteiger partial charge is 0.350 e. The number of nitrogens with zero attached hydrogens (tertiary/aromatic N) is 1. The van der Waals surface area contributed by atoms with Crippen LogP contribution in [0, 0.1) is 0 Å². The Morgan fingerprint density at radius 3 is 2.61 bits per heavy atom. The van der Waals surface area contributed by atoms with Crippen molar-refractivity contribution in [1.82, 2.24) is 15.3 Å². The third-order valence-electron chi connectivity index (χ3n) is 3.38. The summed E-state index contributed by atoms with van der Waals surface area (Å²) >= 11 is 1.66. The van der Waals surface area contributed by atoms with Crippen LogP contribution in [-0.2, 0) is 5.75 Å². The molecule has 2 N–H and O–H groups in total. The molecule has 0 fully saturated rings. The van der Waals surface area contributed by atoms with Gasteiger partial charge in [0.25, 0.3) is 5.91 Å². The van der Waals surface area contributed by atoms with Gasteiger partial charge in [0.1, 0.15) is 0 Å². The van der Waals surface area contributed by atoms with Gasteiger partial charge in [-0.25, -0.2) is 4.98 Å². The lowest BCUT2D eigenvalue weighted by Crippen LogP contribution is -2.29. The highest BCUT2D eigenvalue weighted by Gasteiger charge is 2.07. The number of fused-ring (bicyclic) bond motifs is 1. The molecule has 118 valence electrons. The average Bonchev–Trinajstić information content (AvgIpc) is 2.95. The fourth-order valence-corrected chi connectivity index (χ4v) is 3.09. The molecule has 5 heteroatoms. The number of para-hydroxylation sites is 2. The second-order valence-electron chi connectivity index (χ2n) is 5.67. The Hall–Kier alpha value is -2.27. The third-order valence-corrected chi connectivity index (χ3v) is 4.32. The van der Waals surface area contributed by atoms with E-state index in [2.05, 4.69) is 15.3 Å². The van der Waals surface area contributed by atoms with E-state index in [1.54, 1.807) is 11.8 Å². The summed E-state index contributed by atoms with van der Waals surface area (Å²) in [5.41, 5.74) is 3.89. The minimum Gasteiger partial charge on any atom is -0.350 e. The van der Waals surface area contributed by atoms with Crippen molar-refractivity contribution in [2.45, 2.75) is 30.8 Å². The summed E-state index contributed by atoms with van der Waals surface area (Å²) < 4.78 is 0. The summed E-state index contributed by atoms with van der Waals surface area (Å²) in [7, 11) is 0. The molecule has 0 saturated carbocycles. The van der Waals surface area contributed by atoms with Crippen LogP contribution in [0.3, 0.4) is 0 Å². The molecule has 3 rings (SSSR count). The van der Waals surface area contributed by atoms with Gasteiger partial charge in [-0.3, -0.25) is 4.79 Å². The number of aromatic nitrogens is 2. The number of amides is 1. The molecule has 0 saturated heterocycles. The molecule has 2 aromatic carbocycles. The Labute approximate surface area is 139 Å². The molecule has 4 nitrogen and oxygen atoms in total. The van der Waals surface area contributed by atoms with Crippen LogP contribution in [0.4, 0.5) is 0 Å². The van der Waals surface area contributed by atoms with E-state index in [0.717, 1.165) is 27.5 Å². The number of hydrogen-bond donors (Lipinski definition) is 2. The fourth-order valence-electron chi connectivity index (χ4n) is 2.25. The number of thioether (sulfide) groups is 1. The van der Waals surface area contributed by atoms with Gasteiger partial charge in [-0.15, -0.1) is 0 Å². The van der Waals surface area contributed by atoms with E-state index in [4.69, 9.17) is 0 Å². The highest BCUT2D eigenvalue weighted by Crippen LogP contribution is 2.23. The van der Waals surface area contributed by atoms with E-state index in [-0.39, 0.29) is 11.9 Å². The predicted octanol–water partition coefficient (Wildman–Crippen LogP) is 3.99. The van der Waals surface area contributed by atoms with Crippen LogP contribution in [0.5, 0.6) is 0 Å². The Kier molecular flexibility index (Phi) is 4.67. The maximum absolute atomic E-state index is 11.9. The van der Waals surface area contributed by atoms with Gasteiger partial charge < -0.3 is 10.3 Å². The van der Waals surface area contributed by atoms with E-state index in [1.807, 2.05) is 62.4 Å². The van der Waals surface area contributed by atoms with Crippen LogP contribution in [0.25, 0.3) is 11.0 Å². The number of aromatic amines is 1. The lowest BCUT2D eigenvalue weighted by Gasteiger charge is -2.08. The van der Waals surface area contributed by atoms with Gasteiger partial charge in [0.05, 0.1) is 11.0 Å². The smallest absolute Gasteiger partial charge is 0.251 e. The SMILES string of the molecule is CC(C)NC(=O)c1ccc(CSc2nc3ccccc3[nH]2)cc1. The minimum absolute atomic E-state index is 0.0310. The van der Waals surface area contributed by atoms with Gasteiger partial charge >= 0.3 is 0 Å². The number of carbonyl (C=O) groups is 1. The summed E-state index contributed by atoms with van der Waals surface area (Å²) in [5.74, 6) is 0.780. The van der Waals surface area contributed by atoms with Crippen molar-refractivity contribution in [3.8, 4) is 0 Å². The molecule has 3 aromatic rings.